The van der Waals surface area contributed by atoms with Gasteiger partial charge in [-0.15, -0.1) is 0 Å². The number of rotatable bonds is 5. The second-order valence-corrected chi connectivity index (χ2v) is 7.05. The molecule has 0 aliphatic rings. The standard InChI is InChI=1S/C11H15BrFNO2S/c1-8(14)5-6-17(15,16)7-9-3-2-4-10(13)11(9)12/h2-4,8H,5-7,14H2,1H3. The van der Waals surface area contributed by atoms with E-state index < -0.39 is 15.7 Å². The average Bonchev–Trinajstić information content (AvgIpc) is 2.22. The van der Waals surface area contributed by atoms with Crippen molar-refractivity contribution in [1.82, 2.24) is 0 Å². The molecular formula is C11H15BrFNO2S. The molecule has 0 radical (unpaired) electrons. The maximum absolute atomic E-state index is 13.2. The fourth-order valence-electron chi connectivity index (χ4n) is 1.33. The van der Waals surface area contributed by atoms with Gasteiger partial charge in [0.05, 0.1) is 16.0 Å². The van der Waals surface area contributed by atoms with Crippen LogP contribution in [0, 0.1) is 5.82 Å². The van der Waals surface area contributed by atoms with Crippen LogP contribution in [0.15, 0.2) is 22.7 Å². The van der Waals surface area contributed by atoms with Crippen LogP contribution in [0.25, 0.3) is 0 Å². The highest BCUT2D eigenvalue weighted by molar-refractivity contribution is 9.10. The lowest BCUT2D eigenvalue weighted by Gasteiger charge is -2.08. The molecule has 3 nitrogen and oxygen atoms in total. The van der Waals surface area contributed by atoms with E-state index in [2.05, 4.69) is 15.9 Å². The van der Waals surface area contributed by atoms with Gasteiger partial charge in [-0.3, -0.25) is 0 Å². The third-order valence-electron chi connectivity index (χ3n) is 2.29. The summed E-state index contributed by atoms with van der Waals surface area (Å²) in [5.74, 6) is -0.601. The topological polar surface area (TPSA) is 60.2 Å². The van der Waals surface area contributed by atoms with Gasteiger partial charge in [-0.25, -0.2) is 12.8 Å². The van der Waals surface area contributed by atoms with Crippen LogP contribution in [-0.2, 0) is 15.6 Å². The van der Waals surface area contributed by atoms with Crippen molar-refractivity contribution >= 4 is 25.8 Å². The minimum absolute atomic E-state index is 0.0214. The summed E-state index contributed by atoms with van der Waals surface area (Å²) in [6.07, 6.45) is 0.412. The molecule has 1 aromatic rings. The van der Waals surface area contributed by atoms with E-state index in [1.54, 1.807) is 13.0 Å². The highest BCUT2D eigenvalue weighted by Crippen LogP contribution is 2.22. The molecule has 1 unspecified atom stereocenters. The van der Waals surface area contributed by atoms with Gasteiger partial charge in [-0.2, -0.15) is 0 Å². The fourth-order valence-corrected chi connectivity index (χ4v) is 3.51. The van der Waals surface area contributed by atoms with E-state index in [0.717, 1.165) is 0 Å². The molecule has 0 bridgehead atoms. The molecule has 1 atom stereocenters. The molecule has 0 saturated heterocycles. The van der Waals surface area contributed by atoms with Crippen LogP contribution in [0.5, 0.6) is 0 Å². The van der Waals surface area contributed by atoms with E-state index in [1.165, 1.54) is 12.1 Å². The van der Waals surface area contributed by atoms with Crippen molar-refractivity contribution in [1.29, 1.82) is 0 Å². The molecule has 0 heterocycles. The van der Waals surface area contributed by atoms with E-state index in [-0.39, 0.29) is 22.0 Å². The molecule has 0 fully saturated rings. The molecular weight excluding hydrogens is 309 g/mol. The van der Waals surface area contributed by atoms with Gasteiger partial charge in [-0.05, 0) is 40.9 Å². The maximum atomic E-state index is 13.2. The second-order valence-electron chi connectivity index (χ2n) is 4.07. The molecule has 0 aromatic heterocycles. The number of sulfone groups is 1. The molecule has 96 valence electrons. The second kappa shape index (κ2) is 5.93. The lowest BCUT2D eigenvalue weighted by atomic mass is 10.2. The summed E-state index contributed by atoms with van der Waals surface area (Å²) in [7, 11) is -3.25. The number of benzene rings is 1. The lowest BCUT2D eigenvalue weighted by molar-refractivity contribution is 0.585. The van der Waals surface area contributed by atoms with Crippen molar-refractivity contribution in [3.05, 3.63) is 34.1 Å². The Hall–Kier alpha value is -0.460. The smallest absolute Gasteiger partial charge is 0.154 e. The lowest BCUT2D eigenvalue weighted by Crippen LogP contribution is -2.20. The van der Waals surface area contributed by atoms with Crippen LogP contribution in [0.3, 0.4) is 0 Å². The van der Waals surface area contributed by atoms with Gasteiger partial charge >= 0.3 is 0 Å². The van der Waals surface area contributed by atoms with E-state index in [1.807, 2.05) is 0 Å². The Bertz CT molecular complexity index is 488. The molecule has 1 aromatic carbocycles. The average molecular weight is 324 g/mol. The predicted molar refractivity (Wildman–Crippen MR) is 69.9 cm³/mol. The predicted octanol–water partition coefficient (Wildman–Crippen LogP) is 2.24. The Labute approximate surface area is 109 Å². The summed E-state index contributed by atoms with van der Waals surface area (Å²) in [6, 6.07) is 4.22. The molecule has 0 spiro atoms. The minimum Gasteiger partial charge on any atom is -0.328 e. The summed E-state index contributed by atoms with van der Waals surface area (Å²) in [4.78, 5) is 0. The largest absolute Gasteiger partial charge is 0.328 e. The van der Waals surface area contributed by atoms with Crippen molar-refractivity contribution in [3.8, 4) is 0 Å². The van der Waals surface area contributed by atoms with Crippen LogP contribution in [0.1, 0.15) is 18.9 Å². The van der Waals surface area contributed by atoms with Gasteiger partial charge in [0.25, 0.3) is 0 Å². The first-order valence-electron chi connectivity index (χ1n) is 5.21. The van der Waals surface area contributed by atoms with Crippen molar-refractivity contribution < 1.29 is 12.8 Å². The SMILES string of the molecule is CC(N)CCS(=O)(=O)Cc1cccc(F)c1Br. The Kier molecular flexibility index (Phi) is 5.09. The van der Waals surface area contributed by atoms with E-state index in [0.29, 0.717) is 12.0 Å². The number of halogens is 2. The van der Waals surface area contributed by atoms with E-state index in [4.69, 9.17) is 5.73 Å². The maximum Gasteiger partial charge on any atom is 0.154 e. The molecule has 2 N–H and O–H groups in total. The van der Waals surface area contributed by atoms with Gasteiger partial charge in [-0.1, -0.05) is 12.1 Å². The van der Waals surface area contributed by atoms with Gasteiger partial charge in [0.15, 0.2) is 9.84 Å². The van der Waals surface area contributed by atoms with Gasteiger partial charge < -0.3 is 5.73 Å². The summed E-state index contributed by atoms with van der Waals surface area (Å²) >= 11 is 3.05. The minimum atomic E-state index is -3.25. The van der Waals surface area contributed by atoms with E-state index >= 15 is 0 Å². The van der Waals surface area contributed by atoms with Crippen LogP contribution < -0.4 is 5.73 Å². The molecule has 17 heavy (non-hydrogen) atoms. The molecule has 1 rings (SSSR count). The summed E-state index contributed by atoms with van der Waals surface area (Å²) < 4.78 is 37.0. The fraction of sp³-hybridized carbons (Fsp3) is 0.455. The summed E-state index contributed by atoms with van der Waals surface area (Å²) in [6.45, 7) is 1.76. The summed E-state index contributed by atoms with van der Waals surface area (Å²) in [5.41, 5.74) is 5.95. The Morgan fingerprint density at radius 2 is 2.12 bits per heavy atom. The Balaban J connectivity index is 2.80. The zero-order valence-corrected chi connectivity index (χ0v) is 11.9. The highest BCUT2D eigenvalue weighted by atomic mass is 79.9. The number of nitrogens with two attached hydrogens (primary N) is 1. The Morgan fingerprint density at radius 3 is 2.71 bits per heavy atom. The van der Waals surface area contributed by atoms with E-state index in [9.17, 15) is 12.8 Å². The van der Waals surface area contributed by atoms with Crippen molar-refractivity contribution in [2.24, 2.45) is 5.73 Å². The third-order valence-corrected chi connectivity index (χ3v) is 4.79. The van der Waals surface area contributed by atoms with Gasteiger partial charge in [0.2, 0.25) is 0 Å². The van der Waals surface area contributed by atoms with Gasteiger partial charge in [0.1, 0.15) is 5.82 Å². The first-order valence-corrected chi connectivity index (χ1v) is 7.82. The van der Waals surface area contributed by atoms with Crippen LogP contribution >= 0.6 is 15.9 Å². The monoisotopic (exact) mass is 323 g/mol. The number of hydrogen-bond donors (Lipinski definition) is 1. The zero-order chi connectivity index (χ0) is 13.1. The Morgan fingerprint density at radius 1 is 1.47 bits per heavy atom. The van der Waals surface area contributed by atoms with Crippen molar-refractivity contribution in [2.75, 3.05) is 5.75 Å². The first kappa shape index (κ1) is 14.6. The van der Waals surface area contributed by atoms with Gasteiger partial charge in [0, 0.05) is 6.04 Å². The first-order chi connectivity index (χ1) is 7.82. The third kappa shape index (κ3) is 4.73. The molecule has 0 amide bonds. The molecule has 0 saturated carbocycles. The van der Waals surface area contributed by atoms with Crippen molar-refractivity contribution in [2.45, 2.75) is 25.1 Å². The molecule has 6 heteroatoms. The van der Waals surface area contributed by atoms with Crippen LogP contribution in [0.2, 0.25) is 0 Å². The molecule has 0 aliphatic heterocycles. The zero-order valence-electron chi connectivity index (χ0n) is 9.49. The van der Waals surface area contributed by atoms with Crippen LogP contribution in [0.4, 0.5) is 4.39 Å². The summed E-state index contributed by atoms with van der Waals surface area (Å²) in [5, 5.41) is 0. The number of hydrogen-bond acceptors (Lipinski definition) is 3. The molecule has 0 aliphatic carbocycles. The van der Waals surface area contributed by atoms with Crippen LogP contribution in [-0.4, -0.2) is 20.2 Å². The van der Waals surface area contributed by atoms with Crippen molar-refractivity contribution in [3.63, 3.8) is 0 Å². The quantitative estimate of drug-likeness (QED) is 0.904. The highest BCUT2D eigenvalue weighted by Gasteiger charge is 2.16. The normalized spacial score (nSPS) is 13.6.